The number of Topliss-reactive ketones (excluding diaryl/α,β-unsaturated/α-hetero) is 1. The van der Waals surface area contributed by atoms with E-state index in [0.717, 1.165) is 55.4 Å². The molecular weight excluding hydrogens is 478 g/mol. The number of rotatable bonds is 7. The van der Waals surface area contributed by atoms with Crippen LogP contribution in [0.2, 0.25) is 0 Å². The van der Waals surface area contributed by atoms with Crippen LogP contribution < -0.4 is 15.5 Å². The summed E-state index contributed by atoms with van der Waals surface area (Å²) in [5.41, 5.74) is 11.2. The number of likely N-dealkylation sites (N-methyl/N-ethyl adjacent to an activating group) is 1. The van der Waals surface area contributed by atoms with Crippen LogP contribution in [0.15, 0.2) is 42.6 Å². The average molecular weight is 516 g/mol. The molecule has 0 aliphatic carbocycles. The second kappa shape index (κ2) is 11.0. The maximum absolute atomic E-state index is 12.6. The third-order valence-corrected chi connectivity index (χ3v) is 7.66. The fraction of sp³-hybridized carbons (Fsp3) is 0.448. The van der Waals surface area contributed by atoms with Gasteiger partial charge in [0, 0.05) is 64.1 Å². The summed E-state index contributed by atoms with van der Waals surface area (Å²) in [6, 6.07) is 12.6. The number of fused-ring (bicyclic) bond motifs is 1. The number of hydrogen-bond acceptors (Lipinski definition) is 9. The smallest absolute Gasteiger partial charge is 0.223 e. The maximum atomic E-state index is 12.6. The van der Waals surface area contributed by atoms with Gasteiger partial charge < -0.3 is 25.5 Å². The molecule has 0 radical (unpaired) electrons. The van der Waals surface area contributed by atoms with Crippen molar-refractivity contribution in [2.75, 3.05) is 55.4 Å². The van der Waals surface area contributed by atoms with Crippen LogP contribution in [0.3, 0.4) is 0 Å². The topological polar surface area (TPSA) is 112 Å². The molecule has 4 heterocycles. The number of nitrogens with zero attached hydrogens (tertiary/aromatic N) is 6. The monoisotopic (exact) mass is 515 g/mol. The Balaban J connectivity index is 1.39. The van der Waals surface area contributed by atoms with Gasteiger partial charge >= 0.3 is 0 Å². The first-order chi connectivity index (χ1) is 18.3. The van der Waals surface area contributed by atoms with Gasteiger partial charge in [-0.05, 0) is 66.8 Å². The molecule has 38 heavy (non-hydrogen) atoms. The van der Waals surface area contributed by atoms with Crippen LogP contribution in [0, 0.1) is 5.92 Å². The van der Waals surface area contributed by atoms with Crippen LogP contribution in [0.4, 0.5) is 17.6 Å². The summed E-state index contributed by atoms with van der Waals surface area (Å²) in [6.07, 6.45) is 2.87. The van der Waals surface area contributed by atoms with E-state index < -0.39 is 0 Å². The molecule has 9 heteroatoms. The standard InChI is InChI=1S/C29H37N7O2/c1-19(18-37)12-26(38)25-15-23(6-7-31-25)22-5-4-21-13-20(2)36(17-24(21)14-22)28-16-27(32-29(30)33-28)35-10-8-34(3)9-11-35/h4-7,14-16,19-20,37H,8-13,17-18H2,1-3H3,(H2,30,32,33)/t19-,20?/m0/s1. The lowest BCUT2D eigenvalue weighted by Crippen LogP contribution is -2.45. The number of nitrogens with two attached hydrogens (primary N) is 1. The van der Waals surface area contributed by atoms with Crippen molar-refractivity contribution in [1.29, 1.82) is 0 Å². The molecule has 0 saturated carbocycles. The molecule has 2 aromatic heterocycles. The Labute approximate surface area is 224 Å². The van der Waals surface area contributed by atoms with E-state index in [1.165, 1.54) is 11.1 Å². The van der Waals surface area contributed by atoms with E-state index in [1.807, 2.05) is 19.1 Å². The van der Waals surface area contributed by atoms with Crippen LogP contribution >= 0.6 is 0 Å². The van der Waals surface area contributed by atoms with Gasteiger partial charge in [-0.15, -0.1) is 0 Å². The number of piperazine rings is 1. The highest BCUT2D eigenvalue weighted by atomic mass is 16.3. The molecule has 0 spiro atoms. The van der Waals surface area contributed by atoms with Crippen molar-refractivity contribution < 1.29 is 9.90 Å². The van der Waals surface area contributed by atoms with Crippen LogP contribution in [-0.4, -0.2) is 76.6 Å². The summed E-state index contributed by atoms with van der Waals surface area (Å²) in [5.74, 6) is 1.90. The fourth-order valence-electron chi connectivity index (χ4n) is 5.26. The summed E-state index contributed by atoms with van der Waals surface area (Å²) in [7, 11) is 2.14. The highest BCUT2D eigenvalue weighted by Crippen LogP contribution is 2.32. The van der Waals surface area contributed by atoms with Gasteiger partial charge in [0.15, 0.2) is 5.78 Å². The minimum atomic E-state index is -0.0859. The lowest BCUT2D eigenvalue weighted by molar-refractivity contribution is 0.0938. The third-order valence-electron chi connectivity index (χ3n) is 7.66. The van der Waals surface area contributed by atoms with Crippen molar-refractivity contribution in [1.82, 2.24) is 19.9 Å². The first-order valence-corrected chi connectivity index (χ1v) is 13.4. The Morgan fingerprint density at radius 3 is 2.55 bits per heavy atom. The Morgan fingerprint density at radius 1 is 1.05 bits per heavy atom. The molecule has 1 aromatic carbocycles. The zero-order valence-corrected chi connectivity index (χ0v) is 22.5. The van der Waals surface area contributed by atoms with Gasteiger partial charge in [-0.25, -0.2) is 0 Å². The predicted molar refractivity (Wildman–Crippen MR) is 150 cm³/mol. The molecule has 1 saturated heterocycles. The lowest BCUT2D eigenvalue weighted by Gasteiger charge is -2.37. The molecular formula is C29H37N7O2. The second-order valence-corrected chi connectivity index (χ2v) is 10.7. The van der Waals surface area contributed by atoms with Crippen LogP contribution in [0.25, 0.3) is 11.1 Å². The number of aliphatic hydroxyl groups is 1. The first-order valence-electron chi connectivity index (χ1n) is 13.4. The van der Waals surface area contributed by atoms with Gasteiger partial charge in [-0.3, -0.25) is 9.78 Å². The molecule has 200 valence electrons. The summed E-state index contributed by atoms with van der Waals surface area (Å²) >= 11 is 0. The Morgan fingerprint density at radius 2 is 1.79 bits per heavy atom. The molecule has 2 aliphatic heterocycles. The Hall–Kier alpha value is -3.56. The van der Waals surface area contributed by atoms with Gasteiger partial charge in [0.2, 0.25) is 5.95 Å². The van der Waals surface area contributed by atoms with Crippen LogP contribution in [0.5, 0.6) is 0 Å². The van der Waals surface area contributed by atoms with E-state index >= 15 is 0 Å². The summed E-state index contributed by atoms with van der Waals surface area (Å²) in [5, 5.41) is 9.31. The van der Waals surface area contributed by atoms with Crippen LogP contribution in [-0.2, 0) is 13.0 Å². The lowest BCUT2D eigenvalue weighted by atomic mass is 9.91. The molecule has 2 aliphatic rings. The number of carbonyl (C=O) groups excluding carboxylic acids is 1. The zero-order chi connectivity index (χ0) is 26.8. The van der Waals surface area contributed by atoms with Crippen molar-refractivity contribution in [2.45, 2.75) is 39.3 Å². The average Bonchev–Trinajstić information content (AvgIpc) is 2.92. The minimum absolute atomic E-state index is 0.0139. The molecule has 1 unspecified atom stereocenters. The second-order valence-electron chi connectivity index (χ2n) is 10.7. The van der Waals surface area contributed by atoms with Crippen molar-refractivity contribution >= 4 is 23.4 Å². The molecule has 0 amide bonds. The number of aromatic nitrogens is 3. The summed E-state index contributed by atoms with van der Waals surface area (Å²) in [6.45, 7) is 8.62. The summed E-state index contributed by atoms with van der Waals surface area (Å²) in [4.78, 5) is 33.0. The number of ketones is 1. The number of carbonyl (C=O) groups is 1. The summed E-state index contributed by atoms with van der Waals surface area (Å²) < 4.78 is 0. The highest BCUT2D eigenvalue weighted by Gasteiger charge is 2.26. The van der Waals surface area contributed by atoms with E-state index in [1.54, 1.807) is 6.20 Å². The normalized spacial score (nSPS) is 18.8. The number of nitrogen functional groups attached to an aromatic ring is 1. The minimum Gasteiger partial charge on any atom is -0.396 e. The van der Waals surface area contributed by atoms with E-state index in [-0.39, 0.29) is 30.8 Å². The third kappa shape index (κ3) is 5.63. The van der Waals surface area contributed by atoms with E-state index in [2.05, 4.69) is 67.9 Å². The largest absolute Gasteiger partial charge is 0.396 e. The number of hydrogen-bond donors (Lipinski definition) is 2. The number of benzene rings is 1. The van der Waals surface area contributed by atoms with Crippen molar-refractivity contribution in [3.8, 4) is 11.1 Å². The number of aliphatic hydroxyl groups excluding tert-OH is 1. The molecule has 1 fully saturated rings. The molecule has 0 bridgehead atoms. The van der Waals surface area contributed by atoms with E-state index in [0.29, 0.717) is 18.2 Å². The Bertz CT molecular complexity index is 1310. The van der Waals surface area contributed by atoms with Crippen molar-refractivity contribution in [3.63, 3.8) is 0 Å². The van der Waals surface area contributed by atoms with Gasteiger partial charge in [0.25, 0.3) is 0 Å². The van der Waals surface area contributed by atoms with Gasteiger partial charge in [0.1, 0.15) is 17.3 Å². The van der Waals surface area contributed by atoms with Gasteiger partial charge in [0.05, 0.1) is 0 Å². The zero-order valence-electron chi connectivity index (χ0n) is 22.5. The highest BCUT2D eigenvalue weighted by molar-refractivity contribution is 5.95. The van der Waals surface area contributed by atoms with Gasteiger partial charge in [-0.1, -0.05) is 19.1 Å². The van der Waals surface area contributed by atoms with Gasteiger partial charge in [-0.2, -0.15) is 9.97 Å². The van der Waals surface area contributed by atoms with E-state index in [9.17, 15) is 9.90 Å². The molecule has 9 nitrogen and oxygen atoms in total. The molecule has 2 atom stereocenters. The van der Waals surface area contributed by atoms with E-state index in [4.69, 9.17) is 5.73 Å². The number of pyridine rings is 1. The molecule has 3 aromatic rings. The first kappa shape index (κ1) is 26.1. The quantitative estimate of drug-likeness (QED) is 0.459. The number of anilines is 3. The predicted octanol–water partition coefficient (Wildman–Crippen LogP) is 3.03. The fourth-order valence-corrected chi connectivity index (χ4v) is 5.26. The molecule has 3 N–H and O–H groups in total. The Kier molecular flexibility index (Phi) is 7.58. The van der Waals surface area contributed by atoms with Crippen molar-refractivity contribution in [2.24, 2.45) is 5.92 Å². The SMILES string of the molecule is CC1Cc2ccc(-c3ccnc(C(=O)C[C@H](C)CO)c3)cc2CN1c1cc(N2CCN(C)CC2)nc(N)n1. The molecule has 5 rings (SSSR count). The van der Waals surface area contributed by atoms with Crippen LogP contribution in [0.1, 0.15) is 41.9 Å². The maximum Gasteiger partial charge on any atom is 0.223 e. The van der Waals surface area contributed by atoms with Crippen molar-refractivity contribution in [3.05, 3.63) is 59.4 Å².